The van der Waals surface area contributed by atoms with Crippen molar-refractivity contribution in [3.8, 4) is 0 Å². The summed E-state index contributed by atoms with van der Waals surface area (Å²) in [6.45, 7) is 13.0. The quantitative estimate of drug-likeness (QED) is 0.389. The summed E-state index contributed by atoms with van der Waals surface area (Å²) in [4.78, 5) is 0. The molecule has 0 saturated heterocycles. The van der Waals surface area contributed by atoms with Crippen molar-refractivity contribution in [1.29, 1.82) is 0 Å². The van der Waals surface area contributed by atoms with Gasteiger partial charge in [-0.05, 0) is 85.7 Å². The molecule has 6 atom stereocenters. The summed E-state index contributed by atoms with van der Waals surface area (Å²) >= 11 is 0. The zero-order valence-corrected chi connectivity index (χ0v) is 21.3. The van der Waals surface area contributed by atoms with Crippen molar-refractivity contribution in [2.24, 2.45) is 23.2 Å². The van der Waals surface area contributed by atoms with Gasteiger partial charge in [-0.15, -0.1) is 0 Å². The molecule has 0 amide bonds. The summed E-state index contributed by atoms with van der Waals surface area (Å²) in [5, 5.41) is 30.7. The van der Waals surface area contributed by atoms with E-state index in [0.29, 0.717) is 36.0 Å². The molecule has 0 aromatic rings. The second-order valence-electron chi connectivity index (χ2n) is 11.1. The first-order valence-electron chi connectivity index (χ1n) is 13.2. The van der Waals surface area contributed by atoms with E-state index in [0.717, 1.165) is 30.4 Å². The van der Waals surface area contributed by atoms with Gasteiger partial charge >= 0.3 is 0 Å². The van der Waals surface area contributed by atoms with E-state index < -0.39 is 17.8 Å². The van der Waals surface area contributed by atoms with Gasteiger partial charge in [0.25, 0.3) is 0 Å². The summed E-state index contributed by atoms with van der Waals surface area (Å²) in [5.41, 5.74) is 2.92. The molecule has 3 fully saturated rings. The topological polar surface area (TPSA) is 60.7 Å². The van der Waals surface area contributed by atoms with Gasteiger partial charge in [-0.3, -0.25) is 0 Å². The molecule has 33 heavy (non-hydrogen) atoms. The predicted molar refractivity (Wildman–Crippen MR) is 138 cm³/mol. The molecule has 0 aromatic heterocycles. The first kappa shape index (κ1) is 26.2. The molecule has 0 spiro atoms. The molecule has 3 heteroatoms. The molecule has 3 N–H and O–H groups in total. The molecule has 0 aliphatic heterocycles. The van der Waals surface area contributed by atoms with Crippen LogP contribution < -0.4 is 0 Å². The molecule has 3 aliphatic carbocycles. The summed E-state index contributed by atoms with van der Waals surface area (Å²) < 4.78 is 0. The van der Waals surface area contributed by atoms with Crippen molar-refractivity contribution in [1.82, 2.24) is 0 Å². The van der Waals surface area contributed by atoms with Gasteiger partial charge in [0.1, 0.15) is 0 Å². The molecular formula is C30H46O3. The van der Waals surface area contributed by atoms with Crippen LogP contribution in [0.2, 0.25) is 0 Å². The molecule has 0 aromatic carbocycles. The van der Waals surface area contributed by atoms with Crippen molar-refractivity contribution in [2.75, 3.05) is 0 Å². The summed E-state index contributed by atoms with van der Waals surface area (Å²) in [6, 6.07) is 0. The highest BCUT2D eigenvalue weighted by Crippen LogP contribution is 2.59. The standard InChI is InChI=1S/C30H46O3/c1-6-30(33,7-2)18-9-8-11-21(3)26-15-16-27-23(12-10-17-29(26,27)5)13-14-24-19-25(31)20-28(32)22(24)4/h8-9,11,13-14,18,21,25-28,31-33H,4,6-7,10,12,15-17,19-20H2,1-3,5H3/t21-,25+,26-,27-,28-,29+/m1/s1. The third kappa shape index (κ3) is 5.81. The van der Waals surface area contributed by atoms with E-state index >= 15 is 0 Å². The van der Waals surface area contributed by atoms with Gasteiger partial charge in [0.05, 0.1) is 17.8 Å². The van der Waals surface area contributed by atoms with Crippen LogP contribution in [-0.2, 0) is 0 Å². The minimum absolute atomic E-state index is 0.312. The average Bonchev–Trinajstić information content (AvgIpc) is 3.15. The number of hydrogen-bond donors (Lipinski definition) is 3. The lowest BCUT2D eigenvalue weighted by Gasteiger charge is -2.44. The van der Waals surface area contributed by atoms with E-state index in [9.17, 15) is 15.3 Å². The highest BCUT2D eigenvalue weighted by molar-refractivity contribution is 5.38. The molecule has 0 bridgehead atoms. The van der Waals surface area contributed by atoms with Crippen molar-refractivity contribution >= 4 is 0 Å². The minimum Gasteiger partial charge on any atom is -0.393 e. The minimum atomic E-state index is -0.689. The van der Waals surface area contributed by atoms with Gasteiger partial charge in [-0.2, -0.15) is 0 Å². The molecule has 3 saturated carbocycles. The van der Waals surface area contributed by atoms with Gasteiger partial charge < -0.3 is 15.3 Å². The van der Waals surface area contributed by atoms with Crippen LogP contribution in [0.3, 0.4) is 0 Å². The van der Waals surface area contributed by atoms with Crippen LogP contribution in [-0.4, -0.2) is 33.1 Å². The Balaban J connectivity index is 1.72. The van der Waals surface area contributed by atoms with Gasteiger partial charge in [-0.1, -0.05) is 76.3 Å². The Labute approximate surface area is 201 Å². The molecule has 3 aliphatic rings. The largest absolute Gasteiger partial charge is 0.393 e. The summed E-state index contributed by atoms with van der Waals surface area (Å²) in [5.74, 6) is 1.77. The molecule has 0 unspecified atom stereocenters. The summed E-state index contributed by atoms with van der Waals surface area (Å²) in [7, 11) is 0. The molecule has 0 radical (unpaired) electrons. The Kier molecular flexibility index (Phi) is 8.64. The monoisotopic (exact) mass is 454 g/mol. The number of aliphatic hydroxyl groups is 3. The Morgan fingerprint density at radius 3 is 2.58 bits per heavy atom. The van der Waals surface area contributed by atoms with Crippen LogP contribution in [0.4, 0.5) is 0 Å². The lowest BCUT2D eigenvalue weighted by molar-refractivity contribution is 0.0827. The summed E-state index contributed by atoms with van der Waals surface area (Å²) in [6.07, 6.45) is 20.3. The highest BCUT2D eigenvalue weighted by Gasteiger charge is 2.50. The third-order valence-corrected chi connectivity index (χ3v) is 9.09. The van der Waals surface area contributed by atoms with E-state index in [1.54, 1.807) is 0 Å². The number of fused-ring (bicyclic) bond motifs is 1. The van der Waals surface area contributed by atoms with E-state index in [1.165, 1.54) is 31.3 Å². The van der Waals surface area contributed by atoms with E-state index in [2.05, 4.69) is 44.7 Å². The lowest BCUT2D eigenvalue weighted by Crippen LogP contribution is -2.35. The lowest BCUT2D eigenvalue weighted by atomic mass is 9.61. The smallest absolute Gasteiger partial charge is 0.0825 e. The maximum Gasteiger partial charge on any atom is 0.0825 e. The van der Waals surface area contributed by atoms with Crippen LogP contribution in [0.5, 0.6) is 0 Å². The number of hydrogen-bond acceptors (Lipinski definition) is 3. The normalized spacial score (nSPS) is 36.9. The zero-order chi connectivity index (χ0) is 24.2. The van der Waals surface area contributed by atoms with Gasteiger partial charge in [0.2, 0.25) is 0 Å². The van der Waals surface area contributed by atoms with E-state index in [-0.39, 0.29) is 0 Å². The number of aliphatic hydroxyl groups excluding tert-OH is 2. The molecule has 0 heterocycles. The second-order valence-corrected chi connectivity index (χ2v) is 11.1. The first-order valence-corrected chi connectivity index (χ1v) is 13.2. The first-order chi connectivity index (χ1) is 15.6. The molecule has 184 valence electrons. The maximum absolute atomic E-state index is 10.5. The van der Waals surface area contributed by atoms with Crippen molar-refractivity contribution in [3.63, 3.8) is 0 Å². The third-order valence-electron chi connectivity index (χ3n) is 9.09. The Bertz CT molecular complexity index is 812. The van der Waals surface area contributed by atoms with Gasteiger partial charge in [-0.25, -0.2) is 0 Å². The Hall–Kier alpha value is -1.42. The highest BCUT2D eigenvalue weighted by atomic mass is 16.3. The molecule has 3 rings (SSSR count). The van der Waals surface area contributed by atoms with Crippen molar-refractivity contribution in [2.45, 2.75) is 103 Å². The van der Waals surface area contributed by atoms with Crippen LogP contribution in [0.25, 0.3) is 0 Å². The number of rotatable bonds is 7. The fourth-order valence-electron chi connectivity index (χ4n) is 6.70. The molecular weight excluding hydrogens is 408 g/mol. The van der Waals surface area contributed by atoms with Crippen LogP contribution in [0.15, 0.2) is 59.8 Å². The average molecular weight is 455 g/mol. The van der Waals surface area contributed by atoms with Gasteiger partial charge in [0.15, 0.2) is 0 Å². The maximum atomic E-state index is 10.5. The van der Waals surface area contributed by atoms with Crippen LogP contribution in [0.1, 0.15) is 85.5 Å². The fraction of sp³-hybridized carbons (Fsp3) is 0.667. The second kappa shape index (κ2) is 10.9. The molecule has 3 nitrogen and oxygen atoms in total. The van der Waals surface area contributed by atoms with Crippen molar-refractivity contribution in [3.05, 3.63) is 59.8 Å². The zero-order valence-electron chi connectivity index (χ0n) is 21.3. The Morgan fingerprint density at radius 1 is 1.15 bits per heavy atom. The van der Waals surface area contributed by atoms with E-state index in [1.807, 2.05) is 26.0 Å². The van der Waals surface area contributed by atoms with Crippen molar-refractivity contribution < 1.29 is 15.3 Å². The Morgan fingerprint density at radius 2 is 1.88 bits per heavy atom. The van der Waals surface area contributed by atoms with E-state index in [4.69, 9.17) is 0 Å². The van der Waals surface area contributed by atoms with Gasteiger partial charge in [0, 0.05) is 6.42 Å². The van der Waals surface area contributed by atoms with Crippen LogP contribution in [0, 0.1) is 23.2 Å². The predicted octanol–water partition coefficient (Wildman–Crippen LogP) is 6.43. The SMILES string of the molecule is C=C1C(=CC=C2CCC[C@]3(C)[C@@H]2CC[C@@H]3[C@H](C)C=CC=CC(O)(CC)CC)C[C@H](O)C[C@H]1O. The fourth-order valence-corrected chi connectivity index (χ4v) is 6.70. The number of allylic oxidation sites excluding steroid dienone is 6. The van der Waals surface area contributed by atoms with Crippen LogP contribution >= 0.6 is 0 Å².